The fourth-order valence-corrected chi connectivity index (χ4v) is 1.89. The number of carbonyl (C=O) groups is 1. The summed E-state index contributed by atoms with van der Waals surface area (Å²) in [6.07, 6.45) is 4.67. The summed E-state index contributed by atoms with van der Waals surface area (Å²) in [6.45, 7) is 4.00. The van der Waals surface area contributed by atoms with Crippen LogP contribution in [0.3, 0.4) is 0 Å². The maximum absolute atomic E-state index is 11.2. The van der Waals surface area contributed by atoms with E-state index in [0.29, 0.717) is 11.9 Å². The highest BCUT2D eigenvalue weighted by atomic mass is 32.2. The number of imidazole rings is 1. The summed E-state index contributed by atoms with van der Waals surface area (Å²) in [6, 6.07) is 3.02. The lowest BCUT2D eigenvalue weighted by atomic mass is 10.5. The number of fused-ring (bicyclic) bond motifs is 1. The molecule has 0 aliphatic heterocycles. The number of aromatic nitrogens is 2. The van der Waals surface area contributed by atoms with Gasteiger partial charge in [0.15, 0.2) is 16.1 Å². The number of sulfone groups is 1. The third kappa shape index (κ3) is 2.91. The van der Waals surface area contributed by atoms with Crippen LogP contribution >= 0.6 is 0 Å². The van der Waals surface area contributed by atoms with Crippen molar-refractivity contribution >= 4 is 21.8 Å². The van der Waals surface area contributed by atoms with Gasteiger partial charge in [-0.05, 0) is 12.1 Å². The Morgan fingerprint density at radius 3 is 2.41 bits per heavy atom. The molecule has 0 saturated heterocycles. The molecular formula is C11H14N2O3S. The van der Waals surface area contributed by atoms with Crippen molar-refractivity contribution in [3.8, 4) is 0 Å². The van der Waals surface area contributed by atoms with Gasteiger partial charge in [0.05, 0.1) is 4.90 Å². The zero-order valence-corrected chi connectivity index (χ0v) is 10.7. The van der Waals surface area contributed by atoms with Crippen LogP contribution in [0.2, 0.25) is 0 Å². The van der Waals surface area contributed by atoms with E-state index in [1.807, 2.05) is 13.8 Å². The molecule has 5 nitrogen and oxygen atoms in total. The largest absolute Gasteiger partial charge is 0.305 e. The zero-order chi connectivity index (χ0) is 13.1. The summed E-state index contributed by atoms with van der Waals surface area (Å²) in [4.78, 5) is 14.6. The van der Waals surface area contributed by atoms with Crippen molar-refractivity contribution in [3.05, 3.63) is 30.2 Å². The van der Waals surface area contributed by atoms with Gasteiger partial charge in [-0.15, -0.1) is 0 Å². The summed E-state index contributed by atoms with van der Waals surface area (Å²) >= 11 is 0. The Morgan fingerprint density at radius 2 is 1.88 bits per heavy atom. The topological polar surface area (TPSA) is 68.5 Å². The van der Waals surface area contributed by atoms with Crippen molar-refractivity contribution in [3.63, 3.8) is 0 Å². The second kappa shape index (κ2) is 5.09. The molecule has 0 fully saturated rings. The first-order valence-electron chi connectivity index (χ1n) is 5.15. The van der Waals surface area contributed by atoms with Crippen molar-refractivity contribution in [2.45, 2.75) is 18.7 Å². The Balaban J connectivity index is 0.000000686. The summed E-state index contributed by atoms with van der Waals surface area (Å²) in [7, 11) is -3.23. The molecule has 0 radical (unpaired) electrons. The van der Waals surface area contributed by atoms with Crippen LogP contribution in [0.5, 0.6) is 0 Å². The van der Waals surface area contributed by atoms with E-state index in [9.17, 15) is 13.2 Å². The molecule has 0 bridgehead atoms. The van der Waals surface area contributed by atoms with Gasteiger partial charge in [-0.1, -0.05) is 13.8 Å². The smallest absolute Gasteiger partial charge is 0.176 e. The van der Waals surface area contributed by atoms with Crippen molar-refractivity contribution < 1.29 is 13.2 Å². The summed E-state index contributed by atoms with van der Waals surface area (Å²) in [5.41, 5.74) is 0.824. The highest BCUT2D eigenvalue weighted by Gasteiger charge is 2.08. The number of carbonyl (C=O) groups excluding carboxylic acids is 1. The van der Waals surface area contributed by atoms with Crippen LogP contribution in [0.15, 0.2) is 29.4 Å². The lowest BCUT2D eigenvalue weighted by molar-refractivity contribution is 0.111. The van der Waals surface area contributed by atoms with Gasteiger partial charge in [-0.2, -0.15) is 0 Å². The summed E-state index contributed by atoms with van der Waals surface area (Å²) < 4.78 is 24.0. The van der Waals surface area contributed by atoms with Crippen LogP contribution in [0.25, 0.3) is 5.65 Å². The SMILES string of the molecule is CC.CS(=O)(=O)c1ccc2nc(C=O)cn2c1. The van der Waals surface area contributed by atoms with E-state index in [1.165, 1.54) is 22.9 Å². The molecule has 0 aliphatic rings. The monoisotopic (exact) mass is 254 g/mol. The standard InChI is InChI=1S/C9H8N2O3S.C2H6/c1-15(13,14)8-2-3-9-10-7(6-12)4-11(9)5-8;1-2/h2-6H,1H3;1-2H3. The van der Waals surface area contributed by atoms with E-state index in [4.69, 9.17) is 0 Å². The number of nitrogens with zero attached hydrogens (tertiary/aromatic N) is 2. The molecule has 0 spiro atoms. The predicted molar refractivity (Wildman–Crippen MR) is 65.0 cm³/mol. The van der Waals surface area contributed by atoms with E-state index >= 15 is 0 Å². The number of pyridine rings is 1. The second-order valence-electron chi connectivity index (χ2n) is 3.19. The Labute approximate surface area is 100 Å². The fourth-order valence-electron chi connectivity index (χ4n) is 1.27. The molecule has 2 rings (SSSR count). The molecule has 2 aromatic rings. The summed E-state index contributed by atoms with van der Waals surface area (Å²) in [5, 5.41) is 0. The third-order valence-corrected chi connectivity index (χ3v) is 3.09. The van der Waals surface area contributed by atoms with E-state index < -0.39 is 9.84 Å². The molecule has 0 amide bonds. The normalized spacial score (nSPS) is 10.8. The van der Waals surface area contributed by atoms with Crippen LogP contribution in [0.4, 0.5) is 0 Å². The van der Waals surface area contributed by atoms with Crippen LogP contribution < -0.4 is 0 Å². The Hall–Kier alpha value is -1.69. The van der Waals surface area contributed by atoms with Crippen LogP contribution in [-0.2, 0) is 9.84 Å². The van der Waals surface area contributed by atoms with Crippen molar-refractivity contribution in [1.29, 1.82) is 0 Å². The number of hydrogen-bond acceptors (Lipinski definition) is 4. The molecule has 0 unspecified atom stereocenters. The van der Waals surface area contributed by atoms with Crippen molar-refractivity contribution in [2.24, 2.45) is 0 Å². The lowest BCUT2D eigenvalue weighted by Crippen LogP contribution is -1.98. The Morgan fingerprint density at radius 1 is 1.24 bits per heavy atom. The maximum Gasteiger partial charge on any atom is 0.176 e. The average Bonchev–Trinajstić information content (AvgIpc) is 2.72. The van der Waals surface area contributed by atoms with Crippen LogP contribution in [0.1, 0.15) is 24.3 Å². The van der Waals surface area contributed by atoms with E-state index in [0.717, 1.165) is 6.26 Å². The number of hydrogen-bond donors (Lipinski definition) is 0. The van der Waals surface area contributed by atoms with E-state index in [-0.39, 0.29) is 10.6 Å². The van der Waals surface area contributed by atoms with Gasteiger partial charge >= 0.3 is 0 Å². The maximum atomic E-state index is 11.2. The number of aldehydes is 1. The predicted octanol–water partition coefficient (Wildman–Crippen LogP) is 1.58. The van der Waals surface area contributed by atoms with Crippen molar-refractivity contribution in [1.82, 2.24) is 9.38 Å². The van der Waals surface area contributed by atoms with Gasteiger partial charge in [-0.3, -0.25) is 4.79 Å². The fraction of sp³-hybridized carbons (Fsp3) is 0.273. The molecule has 6 heteroatoms. The molecule has 92 valence electrons. The molecule has 0 atom stereocenters. The van der Waals surface area contributed by atoms with Crippen LogP contribution in [0, 0.1) is 0 Å². The molecule has 0 saturated carbocycles. The quantitative estimate of drug-likeness (QED) is 0.763. The molecule has 0 aromatic carbocycles. The zero-order valence-electron chi connectivity index (χ0n) is 9.91. The first kappa shape index (κ1) is 13.4. The summed E-state index contributed by atoms with van der Waals surface area (Å²) in [5.74, 6) is 0. The molecule has 2 heterocycles. The van der Waals surface area contributed by atoms with E-state index in [1.54, 1.807) is 6.07 Å². The molecule has 0 N–H and O–H groups in total. The number of rotatable bonds is 2. The lowest BCUT2D eigenvalue weighted by Gasteiger charge is -1.98. The van der Waals surface area contributed by atoms with Crippen LogP contribution in [-0.4, -0.2) is 30.3 Å². The van der Waals surface area contributed by atoms with Gasteiger partial charge in [-0.25, -0.2) is 13.4 Å². The van der Waals surface area contributed by atoms with Gasteiger partial charge in [0.25, 0.3) is 0 Å². The second-order valence-corrected chi connectivity index (χ2v) is 5.20. The third-order valence-electron chi connectivity index (χ3n) is 1.99. The van der Waals surface area contributed by atoms with Gasteiger partial charge in [0, 0.05) is 18.6 Å². The molecule has 2 aromatic heterocycles. The van der Waals surface area contributed by atoms with E-state index in [2.05, 4.69) is 4.98 Å². The van der Waals surface area contributed by atoms with Gasteiger partial charge in [0.1, 0.15) is 11.3 Å². The van der Waals surface area contributed by atoms with Gasteiger partial charge < -0.3 is 4.40 Å². The molecule has 0 aliphatic carbocycles. The molecular weight excluding hydrogens is 240 g/mol. The molecule has 17 heavy (non-hydrogen) atoms. The Bertz CT molecular complexity index is 629. The Kier molecular flexibility index (Phi) is 4.01. The average molecular weight is 254 g/mol. The minimum atomic E-state index is -3.23. The highest BCUT2D eigenvalue weighted by Crippen LogP contribution is 2.11. The highest BCUT2D eigenvalue weighted by molar-refractivity contribution is 7.90. The minimum Gasteiger partial charge on any atom is -0.305 e. The van der Waals surface area contributed by atoms with Crippen molar-refractivity contribution in [2.75, 3.05) is 6.26 Å². The van der Waals surface area contributed by atoms with Gasteiger partial charge in [0.2, 0.25) is 0 Å². The first-order valence-corrected chi connectivity index (χ1v) is 7.04. The minimum absolute atomic E-state index is 0.199. The first-order chi connectivity index (χ1) is 8.00.